The van der Waals surface area contributed by atoms with Crippen LogP contribution in [-0.2, 0) is 50.0 Å². The van der Waals surface area contributed by atoms with Gasteiger partial charge in [-0.1, -0.05) is 36.4 Å². The summed E-state index contributed by atoms with van der Waals surface area (Å²) in [5.41, 5.74) is 6.94. The SMILES string of the molecule is C=Nc1cc(OCc2cc(COc3cc4c(cc3OC)C(=O)N3c5ccccc5C[C@H]3C(=O)N4)cc(N(C)CCCC(=O)OC3C(=O)CCC3=O)c2)c(OC)cc1C(=O)N1CCc2ccccc21. The van der Waals surface area contributed by atoms with Gasteiger partial charge in [-0.2, -0.15) is 0 Å². The number of hydrogen-bond donors (Lipinski definition) is 1. The topological polar surface area (TPSA) is 183 Å². The molecule has 9 rings (SSSR count). The Balaban J connectivity index is 0.960. The summed E-state index contributed by atoms with van der Waals surface area (Å²) < 4.78 is 29.5. The second-order valence-electron chi connectivity index (χ2n) is 17.0. The Morgan fingerprint density at radius 3 is 2.12 bits per heavy atom. The maximum atomic E-state index is 14.1. The van der Waals surface area contributed by atoms with E-state index in [1.54, 1.807) is 29.2 Å². The minimum Gasteiger partial charge on any atom is -0.493 e. The maximum Gasteiger partial charge on any atom is 0.307 e. The number of ketones is 2. The number of hydrogen-bond acceptors (Lipinski definition) is 13. The summed E-state index contributed by atoms with van der Waals surface area (Å²) in [4.78, 5) is 87.7. The van der Waals surface area contributed by atoms with Crippen LogP contribution in [0.5, 0.6) is 23.0 Å². The van der Waals surface area contributed by atoms with E-state index >= 15 is 0 Å². The van der Waals surface area contributed by atoms with Gasteiger partial charge in [-0.3, -0.25) is 38.7 Å². The Labute approximate surface area is 392 Å². The fraction of sp³-hybridized carbons (Fsp3) is 0.288. The molecule has 0 saturated heterocycles. The minimum atomic E-state index is -1.32. The summed E-state index contributed by atoms with van der Waals surface area (Å²) in [7, 11) is 4.83. The predicted octanol–water partition coefficient (Wildman–Crippen LogP) is 6.98. The van der Waals surface area contributed by atoms with Crippen LogP contribution in [0.1, 0.15) is 68.7 Å². The number of Topliss-reactive ketones (excluding diaryl/α,β-unsaturated/α-hetero) is 2. The van der Waals surface area contributed by atoms with Crippen molar-refractivity contribution in [3.05, 3.63) is 124 Å². The molecule has 16 heteroatoms. The van der Waals surface area contributed by atoms with Gasteiger partial charge in [0.05, 0.1) is 36.7 Å². The highest BCUT2D eigenvalue weighted by Gasteiger charge is 2.42. The molecule has 0 radical (unpaired) electrons. The lowest BCUT2D eigenvalue weighted by Gasteiger charge is -2.22. The van der Waals surface area contributed by atoms with Crippen molar-refractivity contribution < 1.29 is 52.5 Å². The number of aliphatic imine (C=N–C) groups is 1. The van der Waals surface area contributed by atoms with Crippen LogP contribution in [0.3, 0.4) is 0 Å². The number of ether oxygens (including phenoxy) is 5. The Bertz CT molecular complexity index is 2880. The fourth-order valence-electron chi connectivity index (χ4n) is 9.18. The zero-order valence-corrected chi connectivity index (χ0v) is 37.9. The van der Waals surface area contributed by atoms with E-state index in [0.717, 1.165) is 34.5 Å². The predicted molar refractivity (Wildman–Crippen MR) is 253 cm³/mol. The number of fused-ring (bicyclic) bond motifs is 5. The van der Waals surface area contributed by atoms with Crippen molar-refractivity contribution in [1.82, 2.24) is 0 Å². The van der Waals surface area contributed by atoms with E-state index in [0.29, 0.717) is 65.6 Å². The van der Waals surface area contributed by atoms with Gasteiger partial charge in [0.1, 0.15) is 19.3 Å². The zero-order valence-electron chi connectivity index (χ0n) is 37.9. The molecule has 0 bridgehead atoms. The molecule has 0 unspecified atom stereocenters. The van der Waals surface area contributed by atoms with Crippen molar-refractivity contribution in [2.24, 2.45) is 4.99 Å². The third-order valence-corrected chi connectivity index (χ3v) is 12.7. The van der Waals surface area contributed by atoms with Crippen LogP contribution in [-0.4, -0.2) is 88.5 Å². The van der Waals surface area contributed by atoms with Crippen molar-refractivity contribution in [3.63, 3.8) is 0 Å². The number of anilines is 4. The molecule has 1 fully saturated rings. The molecule has 5 aromatic carbocycles. The zero-order chi connectivity index (χ0) is 47.6. The molecule has 1 aliphatic carbocycles. The maximum absolute atomic E-state index is 14.1. The van der Waals surface area contributed by atoms with Crippen LogP contribution in [0, 0.1) is 0 Å². The number of nitrogens with one attached hydrogen (secondary N) is 1. The molecule has 3 amide bonds. The molecule has 1 atom stereocenters. The van der Waals surface area contributed by atoms with Crippen molar-refractivity contribution in [3.8, 4) is 23.0 Å². The number of rotatable bonds is 16. The molecule has 4 aliphatic rings. The Kier molecular flexibility index (Phi) is 12.7. The van der Waals surface area contributed by atoms with E-state index in [9.17, 15) is 28.8 Å². The highest BCUT2D eigenvalue weighted by molar-refractivity contribution is 6.20. The van der Waals surface area contributed by atoms with Gasteiger partial charge in [0, 0.05) is 75.0 Å². The highest BCUT2D eigenvalue weighted by Crippen LogP contribution is 2.42. The quantitative estimate of drug-likeness (QED) is 0.0610. The first-order chi connectivity index (χ1) is 32.9. The van der Waals surface area contributed by atoms with Crippen LogP contribution in [0.2, 0.25) is 0 Å². The molecule has 1 N–H and O–H groups in total. The lowest BCUT2D eigenvalue weighted by molar-refractivity contribution is -0.157. The number of carbonyl (C=O) groups excluding carboxylic acids is 6. The van der Waals surface area contributed by atoms with Gasteiger partial charge in [0.25, 0.3) is 11.8 Å². The molecule has 68 heavy (non-hydrogen) atoms. The number of para-hydroxylation sites is 2. The highest BCUT2D eigenvalue weighted by atomic mass is 16.6. The number of esters is 1. The first kappa shape index (κ1) is 45.2. The molecule has 348 valence electrons. The Morgan fingerprint density at radius 2 is 1.43 bits per heavy atom. The van der Waals surface area contributed by atoms with Gasteiger partial charge in [-0.05, 0) is 84.3 Å². The average molecular weight is 920 g/mol. The second-order valence-corrected chi connectivity index (χ2v) is 17.0. The third-order valence-electron chi connectivity index (χ3n) is 12.7. The Morgan fingerprint density at radius 1 is 0.779 bits per heavy atom. The van der Waals surface area contributed by atoms with Gasteiger partial charge in [0.15, 0.2) is 34.6 Å². The first-order valence-corrected chi connectivity index (χ1v) is 22.3. The first-order valence-electron chi connectivity index (χ1n) is 22.3. The van der Waals surface area contributed by atoms with Crippen molar-refractivity contribution >= 4 is 70.4 Å². The number of carbonyl (C=O) groups is 6. The van der Waals surface area contributed by atoms with Crippen LogP contribution in [0.15, 0.2) is 96.0 Å². The lowest BCUT2D eigenvalue weighted by atomic mass is 10.1. The number of amides is 3. The summed E-state index contributed by atoms with van der Waals surface area (Å²) in [5.74, 6) is -1.04. The number of benzene rings is 5. The summed E-state index contributed by atoms with van der Waals surface area (Å²) in [6.45, 7) is 4.74. The molecule has 0 aromatic heterocycles. The van der Waals surface area contributed by atoms with E-state index in [4.69, 9.17) is 23.7 Å². The standard InChI is InChI=1S/C52H49N5O11/c1-53-37-26-46(44(64-3)24-35(37)51(62)56-19-17-32-10-5-7-12-39(32)56)66-28-30-20-31(22-34(21-30)55(2)18-9-14-48(60)68-49-42(58)15-16-43(49)59)29-67-47-27-38-36(25-45(47)65-4)52(63)57-40-13-8-6-11-33(40)23-41(57)50(61)54-38/h5-8,10-13,20-22,24-27,41,49H,1,9,14-19,23,28-29H2,2-4H3,(H,54,61)/t41-/m0/s1. The lowest BCUT2D eigenvalue weighted by Crippen LogP contribution is -2.42. The van der Waals surface area contributed by atoms with Gasteiger partial charge < -0.3 is 38.8 Å². The molecule has 5 aromatic rings. The number of nitrogens with zero attached hydrogens (tertiary/aromatic N) is 4. The van der Waals surface area contributed by atoms with Crippen LogP contribution in [0.4, 0.5) is 28.4 Å². The molecular formula is C52H49N5O11. The molecule has 1 saturated carbocycles. The monoisotopic (exact) mass is 919 g/mol. The van der Waals surface area contributed by atoms with E-state index in [2.05, 4.69) is 17.0 Å². The smallest absolute Gasteiger partial charge is 0.307 e. The average Bonchev–Trinajstić information content (AvgIpc) is 4.04. The second kappa shape index (κ2) is 19.1. The fourth-order valence-corrected chi connectivity index (χ4v) is 9.18. The summed E-state index contributed by atoms with van der Waals surface area (Å²) in [5, 5.41) is 2.94. The normalized spacial score (nSPS) is 16.0. The summed E-state index contributed by atoms with van der Waals surface area (Å²) in [6, 6.07) is 26.7. The third kappa shape index (κ3) is 8.84. The largest absolute Gasteiger partial charge is 0.493 e. The van der Waals surface area contributed by atoms with Gasteiger partial charge in [-0.25, -0.2) is 0 Å². The Hall–Kier alpha value is -8.01. The summed E-state index contributed by atoms with van der Waals surface area (Å²) >= 11 is 0. The molecule has 3 aliphatic heterocycles. The molecule has 0 spiro atoms. The van der Waals surface area contributed by atoms with Crippen LogP contribution in [0.25, 0.3) is 0 Å². The summed E-state index contributed by atoms with van der Waals surface area (Å²) in [6.07, 6.45) is 0.321. The van der Waals surface area contributed by atoms with Gasteiger partial charge in [-0.15, -0.1) is 0 Å². The molecule has 16 nitrogen and oxygen atoms in total. The van der Waals surface area contributed by atoms with E-state index < -0.39 is 18.1 Å². The van der Waals surface area contributed by atoms with E-state index in [1.807, 2.05) is 78.7 Å². The minimum absolute atomic E-state index is 0.00934. The van der Waals surface area contributed by atoms with Crippen molar-refractivity contribution in [1.29, 1.82) is 0 Å². The van der Waals surface area contributed by atoms with Gasteiger partial charge >= 0.3 is 5.97 Å². The molecular weight excluding hydrogens is 871 g/mol. The number of methoxy groups -OCH3 is 2. The van der Waals surface area contributed by atoms with E-state index in [1.165, 1.54) is 19.1 Å². The molecule has 3 heterocycles. The van der Waals surface area contributed by atoms with Gasteiger partial charge in [0.2, 0.25) is 12.0 Å². The van der Waals surface area contributed by atoms with Crippen LogP contribution >= 0.6 is 0 Å². The van der Waals surface area contributed by atoms with E-state index in [-0.39, 0.29) is 78.8 Å². The van der Waals surface area contributed by atoms with Crippen molar-refractivity contribution in [2.45, 2.75) is 63.9 Å². The van der Waals surface area contributed by atoms with Crippen LogP contribution < -0.4 is 39.0 Å². The van der Waals surface area contributed by atoms with Crippen molar-refractivity contribution in [2.75, 3.05) is 54.4 Å².